The van der Waals surface area contributed by atoms with Gasteiger partial charge in [0.15, 0.2) is 0 Å². The molecule has 108 valence electrons. The van der Waals surface area contributed by atoms with Crippen LogP contribution in [0.4, 0.5) is 5.69 Å². The molecule has 1 aliphatic rings. The normalized spacial score (nSPS) is 18.5. The molecule has 1 heterocycles. The fourth-order valence-electron chi connectivity index (χ4n) is 2.08. The Balaban J connectivity index is 1.83. The summed E-state index contributed by atoms with van der Waals surface area (Å²) in [6, 6.07) is 6.21. The van der Waals surface area contributed by atoms with Crippen molar-refractivity contribution >= 4 is 11.6 Å². The lowest BCUT2D eigenvalue weighted by Gasteiger charge is -2.22. The third-order valence-electron chi connectivity index (χ3n) is 3.12. The highest BCUT2D eigenvalue weighted by molar-refractivity contribution is 5.82. The highest BCUT2D eigenvalue weighted by Crippen LogP contribution is 2.17. The number of benzene rings is 1. The van der Waals surface area contributed by atoms with Gasteiger partial charge in [0.2, 0.25) is 5.91 Å². The topological polar surface area (TPSA) is 93.5 Å². The van der Waals surface area contributed by atoms with Crippen molar-refractivity contribution in [3.63, 3.8) is 0 Å². The van der Waals surface area contributed by atoms with Crippen LogP contribution in [-0.4, -0.2) is 43.2 Å². The molecule has 1 unspecified atom stereocenters. The molecule has 2 N–H and O–H groups in total. The van der Waals surface area contributed by atoms with Crippen molar-refractivity contribution in [3.8, 4) is 0 Å². The Labute approximate surface area is 116 Å². The van der Waals surface area contributed by atoms with Crippen LogP contribution in [0, 0.1) is 10.1 Å². The number of carbonyl (C=O) groups excluding carboxylic acids is 1. The van der Waals surface area contributed by atoms with Crippen molar-refractivity contribution in [1.82, 2.24) is 10.6 Å². The van der Waals surface area contributed by atoms with Gasteiger partial charge in [-0.2, -0.15) is 0 Å². The molecule has 1 aromatic carbocycles. The van der Waals surface area contributed by atoms with Crippen LogP contribution >= 0.6 is 0 Å². The smallest absolute Gasteiger partial charge is 0.272 e. The Bertz CT molecular complexity index is 486. The van der Waals surface area contributed by atoms with Gasteiger partial charge in [0.1, 0.15) is 6.04 Å². The van der Waals surface area contributed by atoms with Gasteiger partial charge in [-0.25, -0.2) is 0 Å². The fourth-order valence-corrected chi connectivity index (χ4v) is 2.08. The standard InChI is InChI=1S/C13H17N3O4/c17-13(11-9-20-8-7-14-11)15-6-5-10-3-1-2-4-12(10)16(18)19/h1-4,11,14H,5-9H2,(H,15,17). The summed E-state index contributed by atoms with van der Waals surface area (Å²) >= 11 is 0. The molecular formula is C13H17N3O4. The maximum absolute atomic E-state index is 11.8. The lowest BCUT2D eigenvalue weighted by atomic mass is 10.1. The summed E-state index contributed by atoms with van der Waals surface area (Å²) in [4.78, 5) is 22.3. The number of para-hydroxylation sites is 1. The second-order valence-electron chi connectivity index (χ2n) is 4.51. The molecule has 0 saturated carbocycles. The summed E-state index contributed by atoms with van der Waals surface area (Å²) in [5, 5.41) is 16.7. The van der Waals surface area contributed by atoms with Crippen LogP contribution in [0.15, 0.2) is 24.3 Å². The third-order valence-corrected chi connectivity index (χ3v) is 3.12. The highest BCUT2D eigenvalue weighted by Gasteiger charge is 2.20. The van der Waals surface area contributed by atoms with Crippen LogP contribution in [-0.2, 0) is 16.0 Å². The van der Waals surface area contributed by atoms with Gasteiger partial charge in [0.05, 0.1) is 18.1 Å². The molecule has 1 atom stereocenters. The Morgan fingerprint density at radius 1 is 1.50 bits per heavy atom. The predicted molar refractivity (Wildman–Crippen MR) is 72.4 cm³/mol. The second kappa shape index (κ2) is 6.97. The first-order chi connectivity index (χ1) is 9.68. The first-order valence-corrected chi connectivity index (χ1v) is 6.49. The molecule has 1 aromatic rings. The van der Waals surface area contributed by atoms with E-state index in [9.17, 15) is 14.9 Å². The van der Waals surface area contributed by atoms with Crippen molar-refractivity contribution in [2.45, 2.75) is 12.5 Å². The van der Waals surface area contributed by atoms with Gasteiger partial charge in [-0.1, -0.05) is 18.2 Å². The molecule has 0 spiro atoms. The van der Waals surface area contributed by atoms with E-state index in [2.05, 4.69) is 10.6 Å². The van der Waals surface area contributed by atoms with Gasteiger partial charge in [0, 0.05) is 24.7 Å². The van der Waals surface area contributed by atoms with Gasteiger partial charge in [-0.05, 0) is 6.42 Å². The lowest BCUT2D eigenvalue weighted by Crippen LogP contribution is -2.51. The molecule has 0 aromatic heterocycles. The van der Waals surface area contributed by atoms with E-state index in [1.54, 1.807) is 18.2 Å². The van der Waals surface area contributed by atoms with Crippen molar-refractivity contribution in [2.24, 2.45) is 0 Å². The molecule has 0 radical (unpaired) electrons. The number of nitro groups is 1. The molecule has 1 aliphatic heterocycles. The Morgan fingerprint density at radius 2 is 2.30 bits per heavy atom. The summed E-state index contributed by atoms with van der Waals surface area (Å²) < 4.78 is 5.21. The average Bonchev–Trinajstić information content (AvgIpc) is 2.48. The summed E-state index contributed by atoms with van der Waals surface area (Å²) in [7, 11) is 0. The minimum absolute atomic E-state index is 0.0841. The van der Waals surface area contributed by atoms with Crippen LogP contribution in [0.2, 0.25) is 0 Å². The number of hydrogen-bond donors (Lipinski definition) is 2. The van der Waals surface area contributed by atoms with Crippen LogP contribution in [0.5, 0.6) is 0 Å². The number of nitro benzene ring substituents is 1. The van der Waals surface area contributed by atoms with Gasteiger partial charge in [-0.15, -0.1) is 0 Å². The molecule has 0 aliphatic carbocycles. The molecule has 1 saturated heterocycles. The quantitative estimate of drug-likeness (QED) is 0.595. The third kappa shape index (κ3) is 3.75. The van der Waals surface area contributed by atoms with E-state index >= 15 is 0 Å². The number of rotatable bonds is 5. The number of morpholine rings is 1. The zero-order valence-electron chi connectivity index (χ0n) is 11.0. The van der Waals surface area contributed by atoms with E-state index in [4.69, 9.17) is 4.74 Å². The Hall–Kier alpha value is -1.99. The molecule has 1 fully saturated rings. The number of amides is 1. The predicted octanol–water partition coefficient (Wildman–Crippen LogP) is 0.242. The van der Waals surface area contributed by atoms with Crippen LogP contribution in [0.3, 0.4) is 0 Å². The molecule has 2 rings (SSSR count). The van der Waals surface area contributed by atoms with Crippen molar-refractivity contribution in [3.05, 3.63) is 39.9 Å². The minimum atomic E-state index is -0.409. The van der Waals surface area contributed by atoms with Gasteiger partial charge in [-0.3, -0.25) is 14.9 Å². The van der Waals surface area contributed by atoms with E-state index in [1.165, 1.54) is 6.07 Å². The second-order valence-corrected chi connectivity index (χ2v) is 4.51. The number of nitrogens with zero attached hydrogens (tertiary/aromatic N) is 1. The van der Waals surface area contributed by atoms with Crippen molar-refractivity contribution < 1.29 is 14.5 Å². The molecule has 1 amide bonds. The minimum Gasteiger partial charge on any atom is -0.378 e. The summed E-state index contributed by atoms with van der Waals surface area (Å²) in [5.74, 6) is -0.136. The van der Waals surface area contributed by atoms with Gasteiger partial charge >= 0.3 is 0 Å². The average molecular weight is 279 g/mol. The summed E-state index contributed by atoms with van der Waals surface area (Å²) in [6.07, 6.45) is 0.427. The van der Waals surface area contributed by atoms with Crippen LogP contribution in [0.25, 0.3) is 0 Å². The first-order valence-electron chi connectivity index (χ1n) is 6.49. The Morgan fingerprint density at radius 3 is 3.00 bits per heavy atom. The van der Waals surface area contributed by atoms with E-state index in [0.717, 1.165) is 0 Å². The summed E-state index contributed by atoms with van der Waals surface area (Å²) in [5.41, 5.74) is 0.700. The monoisotopic (exact) mass is 279 g/mol. The van der Waals surface area contributed by atoms with Gasteiger partial charge in [0.25, 0.3) is 5.69 Å². The Kier molecular flexibility index (Phi) is 5.03. The molecule has 20 heavy (non-hydrogen) atoms. The van der Waals surface area contributed by atoms with E-state index < -0.39 is 4.92 Å². The van der Waals surface area contributed by atoms with Crippen LogP contribution < -0.4 is 10.6 Å². The highest BCUT2D eigenvalue weighted by atomic mass is 16.6. The summed E-state index contributed by atoms with van der Waals surface area (Å²) in [6.45, 7) is 1.99. The first kappa shape index (κ1) is 14.4. The molecule has 7 nitrogen and oxygen atoms in total. The number of ether oxygens (including phenoxy) is 1. The molecular weight excluding hydrogens is 262 g/mol. The SMILES string of the molecule is O=C(NCCc1ccccc1[N+](=O)[O-])C1COCCN1. The number of nitrogens with one attached hydrogen (secondary N) is 2. The molecule has 0 bridgehead atoms. The lowest BCUT2D eigenvalue weighted by molar-refractivity contribution is -0.385. The maximum atomic E-state index is 11.8. The number of carbonyl (C=O) groups is 1. The fraction of sp³-hybridized carbons (Fsp3) is 0.462. The van der Waals surface area contributed by atoms with E-state index in [1.807, 2.05) is 0 Å². The van der Waals surface area contributed by atoms with Gasteiger partial charge < -0.3 is 15.4 Å². The van der Waals surface area contributed by atoms with Crippen LogP contribution in [0.1, 0.15) is 5.56 Å². The zero-order chi connectivity index (χ0) is 14.4. The van der Waals surface area contributed by atoms with E-state index in [-0.39, 0.29) is 17.6 Å². The number of hydrogen-bond acceptors (Lipinski definition) is 5. The van der Waals surface area contributed by atoms with E-state index in [0.29, 0.717) is 38.3 Å². The van der Waals surface area contributed by atoms with Crippen molar-refractivity contribution in [2.75, 3.05) is 26.3 Å². The zero-order valence-corrected chi connectivity index (χ0v) is 11.0. The largest absolute Gasteiger partial charge is 0.378 e. The van der Waals surface area contributed by atoms with Crippen molar-refractivity contribution in [1.29, 1.82) is 0 Å². The maximum Gasteiger partial charge on any atom is 0.272 e. The molecule has 7 heteroatoms.